The highest BCUT2D eigenvalue weighted by Crippen LogP contribution is 2.30. The van der Waals surface area contributed by atoms with E-state index in [0.29, 0.717) is 21.2 Å². The third-order valence-electron chi connectivity index (χ3n) is 4.39. The zero-order chi connectivity index (χ0) is 23.6. The second kappa shape index (κ2) is 9.14. The molecule has 0 spiro atoms. The van der Waals surface area contributed by atoms with Gasteiger partial charge in [0.15, 0.2) is 11.6 Å². The molecule has 0 aliphatic carbocycles. The van der Waals surface area contributed by atoms with E-state index in [-0.39, 0.29) is 18.2 Å². The number of nitrogens with one attached hydrogen (secondary N) is 1. The molecule has 3 heterocycles. The van der Waals surface area contributed by atoms with Crippen molar-refractivity contribution >= 4 is 38.7 Å². The highest BCUT2D eigenvalue weighted by atomic mass is 79.9. The summed E-state index contributed by atoms with van der Waals surface area (Å²) in [5, 5.41) is 7.40. The van der Waals surface area contributed by atoms with Crippen molar-refractivity contribution in [2.45, 2.75) is 33.0 Å². The van der Waals surface area contributed by atoms with Gasteiger partial charge in [-0.05, 0) is 79.2 Å². The number of hydrogen-bond donors (Lipinski definition) is 1. The van der Waals surface area contributed by atoms with Gasteiger partial charge in [0.2, 0.25) is 0 Å². The summed E-state index contributed by atoms with van der Waals surface area (Å²) < 4.78 is 27.4. The second-order valence-electron chi connectivity index (χ2n) is 8.14. The van der Waals surface area contributed by atoms with Crippen molar-refractivity contribution < 1.29 is 18.7 Å². The fourth-order valence-electron chi connectivity index (χ4n) is 3.07. The molecule has 0 aliphatic rings. The maximum atomic E-state index is 13.8. The zero-order valence-corrected chi connectivity index (χ0v) is 19.8. The summed E-state index contributed by atoms with van der Waals surface area (Å²) in [5.41, 5.74) is 1.12. The van der Waals surface area contributed by atoms with Crippen LogP contribution in [0.4, 0.5) is 15.0 Å². The molecule has 0 fully saturated rings. The average molecular weight is 514 g/mol. The average Bonchev–Trinajstić information content (AvgIpc) is 3.25. The predicted molar refractivity (Wildman–Crippen MR) is 125 cm³/mol. The Hall–Kier alpha value is -3.53. The van der Waals surface area contributed by atoms with Crippen molar-refractivity contribution in [1.82, 2.24) is 19.7 Å². The van der Waals surface area contributed by atoms with E-state index in [4.69, 9.17) is 9.47 Å². The lowest BCUT2D eigenvalue weighted by atomic mass is 10.2. The minimum absolute atomic E-state index is 0.0418. The lowest BCUT2D eigenvalue weighted by molar-refractivity contribution is 0.0634. The van der Waals surface area contributed by atoms with Crippen molar-refractivity contribution in [3.05, 3.63) is 71.0 Å². The number of aromatic nitrogens is 4. The van der Waals surface area contributed by atoms with E-state index in [2.05, 4.69) is 36.3 Å². The molecule has 8 nitrogen and oxygen atoms in total. The third-order valence-corrected chi connectivity index (χ3v) is 4.83. The highest BCUT2D eigenvalue weighted by molar-refractivity contribution is 9.10. The summed E-state index contributed by atoms with van der Waals surface area (Å²) >= 11 is 3.38. The smallest absolute Gasteiger partial charge is 0.413 e. The van der Waals surface area contributed by atoms with Crippen LogP contribution in [-0.2, 0) is 11.3 Å². The van der Waals surface area contributed by atoms with Crippen LogP contribution < -0.4 is 10.1 Å². The van der Waals surface area contributed by atoms with Crippen LogP contribution in [0.15, 0.2) is 59.5 Å². The molecule has 0 aliphatic heterocycles. The van der Waals surface area contributed by atoms with E-state index >= 15 is 0 Å². The van der Waals surface area contributed by atoms with E-state index in [0.717, 1.165) is 5.69 Å². The fraction of sp³-hybridized carbons (Fsp3) is 0.217. The second-order valence-corrected chi connectivity index (χ2v) is 8.95. The summed E-state index contributed by atoms with van der Waals surface area (Å²) in [7, 11) is 0. The lowest BCUT2D eigenvalue weighted by Crippen LogP contribution is -2.27. The van der Waals surface area contributed by atoms with Crippen molar-refractivity contribution in [2.24, 2.45) is 0 Å². The standard InChI is InChI=1S/C23H21BrFN5O3/c1-23(2,3)33-22(31)29-21-19(12-14-11-15(25)5-6-16(14)28-21)32-13-17-18(7-8-20(24)27-17)30-10-4-9-26-30/h4-12H,13H2,1-3H3,(H,28,29,31). The Balaban J connectivity index is 1.68. The van der Waals surface area contributed by atoms with Crippen LogP contribution in [0.1, 0.15) is 26.5 Å². The first-order valence-electron chi connectivity index (χ1n) is 10.1. The van der Waals surface area contributed by atoms with Gasteiger partial charge in [-0.1, -0.05) is 0 Å². The molecular formula is C23H21BrFN5O3. The van der Waals surface area contributed by atoms with Gasteiger partial charge in [0.05, 0.1) is 11.2 Å². The molecule has 3 aromatic heterocycles. The summed E-state index contributed by atoms with van der Waals surface area (Å²) in [6.07, 6.45) is 2.78. The Morgan fingerprint density at radius 3 is 2.73 bits per heavy atom. The minimum Gasteiger partial charge on any atom is -0.483 e. The Morgan fingerprint density at radius 1 is 1.18 bits per heavy atom. The predicted octanol–water partition coefficient (Wildman–Crippen LogP) is 5.64. The van der Waals surface area contributed by atoms with Crippen LogP contribution in [0.3, 0.4) is 0 Å². The lowest BCUT2D eigenvalue weighted by Gasteiger charge is -2.20. The molecule has 0 radical (unpaired) electrons. The molecule has 10 heteroatoms. The quantitative estimate of drug-likeness (QED) is 0.347. The highest BCUT2D eigenvalue weighted by Gasteiger charge is 2.20. The molecule has 4 rings (SSSR count). The maximum absolute atomic E-state index is 13.8. The molecule has 4 aromatic rings. The van der Waals surface area contributed by atoms with Crippen molar-refractivity contribution in [3.8, 4) is 11.4 Å². The molecule has 33 heavy (non-hydrogen) atoms. The molecule has 0 atom stereocenters. The topological polar surface area (TPSA) is 91.2 Å². The molecule has 0 bridgehead atoms. The third kappa shape index (κ3) is 5.64. The van der Waals surface area contributed by atoms with Gasteiger partial charge in [-0.3, -0.25) is 5.32 Å². The van der Waals surface area contributed by atoms with Gasteiger partial charge in [0.25, 0.3) is 0 Å². The van der Waals surface area contributed by atoms with E-state index in [1.807, 2.05) is 6.07 Å². The number of pyridine rings is 2. The number of amides is 1. The fourth-order valence-corrected chi connectivity index (χ4v) is 3.41. The van der Waals surface area contributed by atoms with E-state index in [1.165, 1.54) is 18.2 Å². The first kappa shape index (κ1) is 22.7. The molecule has 170 valence electrons. The summed E-state index contributed by atoms with van der Waals surface area (Å²) in [4.78, 5) is 21.3. The van der Waals surface area contributed by atoms with E-state index in [9.17, 15) is 9.18 Å². The first-order chi connectivity index (χ1) is 15.7. The number of halogens is 2. The van der Waals surface area contributed by atoms with Crippen LogP contribution >= 0.6 is 15.9 Å². The van der Waals surface area contributed by atoms with Crippen molar-refractivity contribution in [3.63, 3.8) is 0 Å². The zero-order valence-electron chi connectivity index (χ0n) is 18.2. The molecule has 1 amide bonds. The number of carbonyl (C=O) groups is 1. The van der Waals surface area contributed by atoms with Crippen LogP contribution in [0, 0.1) is 5.82 Å². The molecule has 1 aromatic carbocycles. The monoisotopic (exact) mass is 513 g/mol. The van der Waals surface area contributed by atoms with Crippen LogP contribution in [-0.4, -0.2) is 31.4 Å². The Morgan fingerprint density at radius 2 is 2.00 bits per heavy atom. The normalized spacial score (nSPS) is 11.4. The SMILES string of the molecule is CC(C)(C)OC(=O)Nc1nc2ccc(F)cc2cc1OCc1nc(Br)ccc1-n1cccn1. The summed E-state index contributed by atoms with van der Waals surface area (Å²) in [6, 6.07) is 11.3. The van der Waals surface area contributed by atoms with Crippen LogP contribution in [0.2, 0.25) is 0 Å². The molecule has 0 saturated carbocycles. The van der Waals surface area contributed by atoms with Gasteiger partial charge in [0.1, 0.15) is 28.3 Å². The molecule has 0 unspecified atom stereocenters. The summed E-state index contributed by atoms with van der Waals surface area (Å²) in [6.45, 7) is 5.32. The van der Waals surface area contributed by atoms with Crippen LogP contribution in [0.25, 0.3) is 16.6 Å². The van der Waals surface area contributed by atoms with Gasteiger partial charge < -0.3 is 9.47 Å². The number of fused-ring (bicyclic) bond motifs is 1. The molecule has 0 saturated heterocycles. The Kier molecular flexibility index (Phi) is 6.28. The van der Waals surface area contributed by atoms with E-state index in [1.54, 1.807) is 56.0 Å². The number of carbonyl (C=O) groups excluding carboxylic acids is 1. The van der Waals surface area contributed by atoms with Gasteiger partial charge in [-0.15, -0.1) is 0 Å². The minimum atomic E-state index is -0.690. The first-order valence-corrected chi connectivity index (χ1v) is 10.9. The number of ether oxygens (including phenoxy) is 2. The number of anilines is 1. The van der Waals surface area contributed by atoms with Gasteiger partial charge >= 0.3 is 6.09 Å². The number of nitrogens with zero attached hydrogens (tertiary/aromatic N) is 4. The number of hydrogen-bond acceptors (Lipinski definition) is 6. The van der Waals surface area contributed by atoms with Gasteiger partial charge in [0, 0.05) is 17.8 Å². The van der Waals surface area contributed by atoms with E-state index < -0.39 is 17.5 Å². The summed E-state index contributed by atoms with van der Waals surface area (Å²) in [5.74, 6) is -0.0103. The van der Waals surface area contributed by atoms with Crippen LogP contribution in [0.5, 0.6) is 5.75 Å². The number of rotatable bonds is 5. The largest absolute Gasteiger partial charge is 0.483 e. The Labute approximate surface area is 197 Å². The molecular weight excluding hydrogens is 493 g/mol. The molecule has 1 N–H and O–H groups in total. The Bertz CT molecular complexity index is 1310. The van der Waals surface area contributed by atoms with Gasteiger partial charge in [-0.2, -0.15) is 5.10 Å². The van der Waals surface area contributed by atoms with Gasteiger partial charge in [-0.25, -0.2) is 23.8 Å². The number of benzene rings is 1. The van der Waals surface area contributed by atoms with Crippen molar-refractivity contribution in [2.75, 3.05) is 5.32 Å². The van der Waals surface area contributed by atoms with Crippen molar-refractivity contribution in [1.29, 1.82) is 0 Å². The maximum Gasteiger partial charge on any atom is 0.413 e.